The quantitative estimate of drug-likeness (QED) is 0.802. The molecule has 2 nitrogen and oxygen atoms in total. The average Bonchev–Trinajstić information content (AvgIpc) is 3.01. The zero-order valence-electron chi connectivity index (χ0n) is 12.8. The molecule has 21 heavy (non-hydrogen) atoms. The molecule has 1 aromatic rings. The SMILES string of the molecule is Clc1ccc(C(CC2CCCC2)CN2CCOCC2)cc1. The molecule has 3 heteroatoms. The van der Waals surface area contributed by atoms with E-state index in [2.05, 4.69) is 17.0 Å². The predicted octanol–water partition coefficient (Wildman–Crippen LogP) is 4.34. The third-order valence-corrected chi connectivity index (χ3v) is 5.27. The first kappa shape index (κ1) is 15.3. The van der Waals surface area contributed by atoms with Crippen molar-refractivity contribution in [3.63, 3.8) is 0 Å². The van der Waals surface area contributed by atoms with Crippen molar-refractivity contribution in [2.75, 3.05) is 32.8 Å². The van der Waals surface area contributed by atoms with Gasteiger partial charge in [0, 0.05) is 24.7 Å². The summed E-state index contributed by atoms with van der Waals surface area (Å²) in [6, 6.07) is 8.53. The molecule has 0 amide bonds. The highest BCUT2D eigenvalue weighted by Gasteiger charge is 2.24. The lowest BCUT2D eigenvalue weighted by Crippen LogP contribution is -2.39. The van der Waals surface area contributed by atoms with Gasteiger partial charge >= 0.3 is 0 Å². The van der Waals surface area contributed by atoms with Crippen LogP contribution in [0.1, 0.15) is 43.6 Å². The van der Waals surface area contributed by atoms with Crippen LogP contribution in [0.4, 0.5) is 0 Å². The molecule has 1 aliphatic carbocycles. The second-order valence-electron chi connectivity index (χ2n) is 6.55. The van der Waals surface area contributed by atoms with E-state index >= 15 is 0 Å². The summed E-state index contributed by atoms with van der Waals surface area (Å²) in [4.78, 5) is 2.57. The lowest BCUT2D eigenvalue weighted by molar-refractivity contribution is 0.0339. The van der Waals surface area contributed by atoms with Crippen molar-refractivity contribution in [1.29, 1.82) is 0 Å². The van der Waals surface area contributed by atoms with Crippen molar-refractivity contribution < 1.29 is 4.74 Å². The minimum Gasteiger partial charge on any atom is -0.379 e. The molecule has 1 atom stereocenters. The molecule has 0 aromatic heterocycles. The van der Waals surface area contributed by atoms with Gasteiger partial charge in [-0.25, -0.2) is 0 Å². The standard InChI is InChI=1S/C18H26ClNO/c19-18-7-5-16(6-8-18)17(13-15-3-1-2-4-15)14-20-9-11-21-12-10-20/h5-8,15,17H,1-4,9-14H2. The van der Waals surface area contributed by atoms with Gasteiger partial charge in [-0.15, -0.1) is 0 Å². The Morgan fingerprint density at radius 2 is 1.76 bits per heavy atom. The molecule has 0 bridgehead atoms. The second-order valence-corrected chi connectivity index (χ2v) is 6.98. The van der Waals surface area contributed by atoms with E-state index in [9.17, 15) is 0 Å². The molecule has 116 valence electrons. The van der Waals surface area contributed by atoms with Gasteiger partial charge in [-0.1, -0.05) is 49.4 Å². The largest absolute Gasteiger partial charge is 0.379 e. The van der Waals surface area contributed by atoms with Crippen LogP contribution in [-0.2, 0) is 4.74 Å². The van der Waals surface area contributed by atoms with Crippen LogP contribution in [0, 0.1) is 5.92 Å². The number of hydrogen-bond donors (Lipinski definition) is 0. The zero-order valence-corrected chi connectivity index (χ0v) is 13.5. The van der Waals surface area contributed by atoms with Crippen LogP contribution in [-0.4, -0.2) is 37.7 Å². The van der Waals surface area contributed by atoms with Crippen LogP contribution in [0.3, 0.4) is 0 Å². The molecule has 2 aliphatic rings. The van der Waals surface area contributed by atoms with Crippen molar-refractivity contribution in [1.82, 2.24) is 4.90 Å². The van der Waals surface area contributed by atoms with E-state index in [1.807, 2.05) is 12.1 Å². The highest BCUT2D eigenvalue weighted by atomic mass is 35.5. The topological polar surface area (TPSA) is 12.5 Å². The molecule has 0 radical (unpaired) electrons. The van der Waals surface area contributed by atoms with Gasteiger partial charge in [0.15, 0.2) is 0 Å². The van der Waals surface area contributed by atoms with Gasteiger partial charge in [0.05, 0.1) is 13.2 Å². The summed E-state index contributed by atoms with van der Waals surface area (Å²) in [7, 11) is 0. The Kier molecular flexibility index (Phi) is 5.56. The van der Waals surface area contributed by atoms with Gasteiger partial charge in [0.1, 0.15) is 0 Å². The fraction of sp³-hybridized carbons (Fsp3) is 0.667. The average molecular weight is 308 g/mol. The van der Waals surface area contributed by atoms with E-state index in [4.69, 9.17) is 16.3 Å². The van der Waals surface area contributed by atoms with Crippen LogP contribution in [0.2, 0.25) is 5.02 Å². The molecule has 0 spiro atoms. The van der Waals surface area contributed by atoms with E-state index in [1.165, 1.54) is 44.2 Å². The minimum absolute atomic E-state index is 0.642. The van der Waals surface area contributed by atoms with Crippen LogP contribution < -0.4 is 0 Å². The van der Waals surface area contributed by atoms with Crippen LogP contribution in [0.15, 0.2) is 24.3 Å². The van der Waals surface area contributed by atoms with Gasteiger partial charge in [-0.05, 0) is 36.0 Å². The summed E-state index contributed by atoms with van der Waals surface area (Å²) < 4.78 is 5.48. The molecular weight excluding hydrogens is 282 g/mol. The minimum atomic E-state index is 0.642. The zero-order chi connectivity index (χ0) is 14.5. The number of nitrogens with zero attached hydrogens (tertiary/aromatic N) is 1. The van der Waals surface area contributed by atoms with Crippen molar-refractivity contribution >= 4 is 11.6 Å². The number of hydrogen-bond acceptors (Lipinski definition) is 2. The molecule has 1 aliphatic heterocycles. The Bertz CT molecular complexity index is 421. The summed E-state index contributed by atoms with van der Waals surface area (Å²) in [5.74, 6) is 1.56. The molecule has 2 fully saturated rings. The summed E-state index contributed by atoms with van der Waals surface area (Å²) in [6.07, 6.45) is 7.03. The normalized spacial score (nSPS) is 22.5. The Morgan fingerprint density at radius 3 is 2.43 bits per heavy atom. The van der Waals surface area contributed by atoms with E-state index in [0.717, 1.165) is 37.2 Å². The first-order valence-electron chi connectivity index (χ1n) is 8.37. The third kappa shape index (κ3) is 4.45. The maximum absolute atomic E-state index is 6.05. The molecule has 3 rings (SSSR count). The second kappa shape index (κ2) is 7.62. The fourth-order valence-corrected chi connectivity index (χ4v) is 3.92. The Hall–Kier alpha value is -0.570. The van der Waals surface area contributed by atoms with Gasteiger partial charge in [0.25, 0.3) is 0 Å². The van der Waals surface area contributed by atoms with Gasteiger partial charge in [-0.2, -0.15) is 0 Å². The number of halogens is 1. The van der Waals surface area contributed by atoms with E-state index in [-0.39, 0.29) is 0 Å². The number of rotatable bonds is 5. The molecule has 1 saturated carbocycles. The Balaban J connectivity index is 1.67. The van der Waals surface area contributed by atoms with Crippen molar-refractivity contribution in [3.05, 3.63) is 34.9 Å². The molecule has 1 aromatic carbocycles. The van der Waals surface area contributed by atoms with E-state index in [0.29, 0.717) is 5.92 Å². The number of benzene rings is 1. The first-order valence-corrected chi connectivity index (χ1v) is 8.74. The van der Waals surface area contributed by atoms with Crippen molar-refractivity contribution in [3.8, 4) is 0 Å². The smallest absolute Gasteiger partial charge is 0.0594 e. The van der Waals surface area contributed by atoms with Crippen molar-refractivity contribution in [2.45, 2.75) is 38.0 Å². The van der Waals surface area contributed by atoms with E-state index in [1.54, 1.807) is 0 Å². The van der Waals surface area contributed by atoms with Crippen LogP contribution >= 0.6 is 11.6 Å². The Labute approximate surface area is 133 Å². The number of ether oxygens (including phenoxy) is 1. The maximum Gasteiger partial charge on any atom is 0.0594 e. The molecule has 1 unspecified atom stereocenters. The lowest BCUT2D eigenvalue weighted by Gasteiger charge is -2.31. The highest BCUT2D eigenvalue weighted by molar-refractivity contribution is 6.30. The van der Waals surface area contributed by atoms with Gasteiger partial charge in [-0.3, -0.25) is 4.90 Å². The predicted molar refractivity (Wildman–Crippen MR) is 88.0 cm³/mol. The lowest BCUT2D eigenvalue weighted by atomic mass is 9.87. The summed E-state index contributed by atoms with van der Waals surface area (Å²) in [5.41, 5.74) is 1.46. The van der Waals surface area contributed by atoms with Crippen LogP contribution in [0.5, 0.6) is 0 Å². The molecule has 1 heterocycles. The van der Waals surface area contributed by atoms with E-state index < -0.39 is 0 Å². The molecule has 0 N–H and O–H groups in total. The summed E-state index contributed by atoms with van der Waals surface area (Å²) in [6.45, 7) is 5.10. The van der Waals surface area contributed by atoms with Crippen LogP contribution in [0.25, 0.3) is 0 Å². The fourth-order valence-electron chi connectivity index (χ4n) is 3.79. The molecular formula is C18H26ClNO. The highest BCUT2D eigenvalue weighted by Crippen LogP contribution is 2.35. The van der Waals surface area contributed by atoms with Gasteiger partial charge < -0.3 is 4.74 Å². The number of morpholine rings is 1. The van der Waals surface area contributed by atoms with Crippen molar-refractivity contribution in [2.24, 2.45) is 5.92 Å². The summed E-state index contributed by atoms with van der Waals surface area (Å²) >= 11 is 6.05. The maximum atomic E-state index is 6.05. The first-order chi connectivity index (χ1) is 10.3. The molecule has 1 saturated heterocycles. The monoisotopic (exact) mass is 307 g/mol. The summed E-state index contributed by atoms with van der Waals surface area (Å²) in [5, 5.41) is 0.838. The Morgan fingerprint density at radius 1 is 1.10 bits per heavy atom. The van der Waals surface area contributed by atoms with Gasteiger partial charge in [0.2, 0.25) is 0 Å². The third-order valence-electron chi connectivity index (χ3n) is 5.02.